The van der Waals surface area contributed by atoms with Crippen LogP contribution in [0.4, 0.5) is 14.4 Å². The molecule has 0 aliphatic carbocycles. The van der Waals surface area contributed by atoms with Gasteiger partial charge < -0.3 is 39.3 Å². The van der Waals surface area contributed by atoms with Crippen molar-refractivity contribution in [2.24, 2.45) is 29.4 Å². The molecule has 0 saturated heterocycles. The van der Waals surface area contributed by atoms with Gasteiger partial charge in [0.25, 0.3) is 0 Å². The van der Waals surface area contributed by atoms with E-state index in [0.29, 0.717) is 17.9 Å². The van der Waals surface area contributed by atoms with E-state index in [1.807, 2.05) is 41.5 Å². The average Bonchev–Trinajstić information content (AvgIpc) is 2.89. The number of carboxylic acids is 1. The van der Waals surface area contributed by atoms with Gasteiger partial charge in [0.15, 0.2) is 11.5 Å². The van der Waals surface area contributed by atoms with Gasteiger partial charge >= 0.3 is 24.4 Å². The van der Waals surface area contributed by atoms with Gasteiger partial charge in [-0.2, -0.15) is 0 Å². The zero-order valence-corrected chi connectivity index (χ0v) is 26.9. The molecule has 5 unspecified atom stereocenters. The predicted octanol–water partition coefficient (Wildman–Crippen LogP) is 6.53. The van der Waals surface area contributed by atoms with Crippen LogP contribution in [0, 0.1) is 23.7 Å². The average molecular weight is 612 g/mol. The van der Waals surface area contributed by atoms with Crippen molar-refractivity contribution in [3.63, 3.8) is 0 Å². The molecular weight excluding hydrogens is 562 g/mol. The highest BCUT2D eigenvalue weighted by Gasteiger charge is 2.36. The van der Waals surface area contributed by atoms with Gasteiger partial charge in [0.1, 0.15) is 24.4 Å². The molecule has 0 amide bonds. The Kier molecular flexibility index (Phi) is 15.3. The summed E-state index contributed by atoms with van der Waals surface area (Å²) in [6.07, 6.45) is -4.05. The minimum absolute atomic E-state index is 0.000510. The predicted molar refractivity (Wildman–Crippen MR) is 158 cm³/mol. The third-order valence-corrected chi connectivity index (χ3v) is 7.36. The Hall–Kier alpha value is -3.54. The van der Waals surface area contributed by atoms with Crippen molar-refractivity contribution in [3.8, 4) is 11.5 Å². The summed E-state index contributed by atoms with van der Waals surface area (Å²) in [6.45, 7) is 18.3. The lowest BCUT2D eigenvalue weighted by atomic mass is 9.79. The van der Waals surface area contributed by atoms with Crippen molar-refractivity contribution in [2.45, 2.75) is 106 Å². The molecule has 0 radical (unpaired) electrons. The standard InChI is InChI=1S/C31H49NO11/c1-16(2)13-14-38-29(35)41-22(10)19(7)26(27(32)28(33)34)23-11-12-24(42-30(36)39-20(8)17(3)4)25(15-23)43-31(37)40-21(9)18(5)6/h11-12,15-22,26-27H,13-14,32H2,1-10H3,(H,33,34)/t19?,20?,21?,22?,26?,27-/m0/s1. The van der Waals surface area contributed by atoms with Crippen LogP contribution in [-0.2, 0) is 23.7 Å². The first-order valence-corrected chi connectivity index (χ1v) is 14.7. The SMILES string of the molecule is CC(C)CCOC(=O)OC(C)C(C)C(c1ccc(OC(=O)OC(C)C(C)C)c(OC(=O)OC(C)C(C)C)c1)[C@H](N)C(=O)O. The first-order valence-electron chi connectivity index (χ1n) is 14.7. The molecule has 0 fully saturated rings. The lowest BCUT2D eigenvalue weighted by Gasteiger charge is -2.31. The monoisotopic (exact) mass is 611 g/mol. The molecule has 0 bridgehead atoms. The van der Waals surface area contributed by atoms with Crippen molar-refractivity contribution in [3.05, 3.63) is 23.8 Å². The van der Waals surface area contributed by atoms with Crippen LogP contribution < -0.4 is 15.2 Å². The van der Waals surface area contributed by atoms with Gasteiger partial charge in [0.05, 0.1) is 6.61 Å². The van der Waals surface area contributed by atoms with Gasteiger partial charge in [-0.25, -0.2) is 14.4 Å². The van der Waals surface area contributed by atoms with Gasteiger partial charge in [-0.3, -0.25) is 4.79 Å². The summed E-state index contributed by atoms with van der Waals surface area (Å²) in [4.78, 5) is 49.4. The summed E-state index contributed by atoms with van der Waals surface area (Å²) >= 11 is 0. The zero-order chi connectivity index (χ0) is 33.0. The molecule has 12 heteroatoms. The summed E-state index contributed by atoms with van der Waals surface area (Å²) in [6, 6.07) is 2.72. The molecule has 0 spiro atoms. The summed E-state index contributed by atoms with van der Waals surface area (Å²) in [5.41, 5.74) is 6.44. The third-order valence-electron chi connectivity index (χ3n) is 7.36. The Balaban J connectivity index is 3.41. The van der Waals surface area contributed by atoms with Gasteiger partial charge in [0, 0.05) is 11.8 Å². The van der Waals surface area contributed by atoms with Crippen LogP contribution >= 0.6 is 0 Å². The van der Waals surface area contributed by atoms with Crippen molar-refractivity contribution in [1.29, 1.82) is 0 Å². The molecule has 0 saturated carbocycles. The van der Waals surface area contributed by atoms with Crippen LogP contribution in [0.1, 0.15) is 87.1 Å². The molecule has 0 aliphatic heterocycles. The van der Waals surface area contributed by atoms with Gasteiger partial charge in [0.2, 0.25) is 0 Å². The first-order chi connectivity index (χ1) is 19.9. The zero-order valence-electron chi connectivity index (χ0n) is 26.9. The smallest absolute Gasteiger partial charge is 0.480 e. The van der Waals surface area contributed by atoms with Crippen LogP contribution in [-0.4, -0.2) is 60.5 Å². The van der Waals surface area contributed by atoms with Crippen LogP contribution in [0.2, 0.25) is 0 Å². The number of hydrogen-bond donors (Lipinski definition) is 2. The van der Waals surface area contributed by atoms with Crippen molar-refractivity contribution >= 4 is 24.4 Å². The number of aliphatic carboxylic acids is 1. The molecule has 0 aliphatic rings. The number of benzene rings is 1. The van der Waals surface area contributed by atoms with Crippen LogP contribution in [0.5, 0.6) is 11.5 Å². The summed E-state index contributed by atoms with van der Waals surface area (Å²) in [5.74, 6) is -2.91. The molecule has 244 valence electrons. The maximum atomic E-state index is 12.6. The fourth-order valence-corrected chi connectivity index (χ4v) is 3.65. The first kappa shape index (κ1) is 37.5. The second kappa shape index (κ2) is 17.5. The molecule has 1 rings (SSSR count). The van der Waals surface area contributed by atoms with Gasteiger partial charge in [-0.05, 0) is 62.6 Å². The van der Waals surface area contributed by atoms with E-state index >= 15 is 0 Å². The van der Waals surface area contributed by atoms with E-state index in [1.165, 1.54) is 18.2 Å². The van der Waals surface area contributed by atoms with E-state index in [2.05, 4.69) is 0 Å². The Morgan fingerprint density at radius 2 is 1.21 bits per heavy atom. The molecule has 0 heterocycles. The van der Waals surface area contributed by atoms with E-state index in [9.17, 15) is 24.3 Å². The summed E-state index contributed by atoms with van der Waals surface area (Å²) in [7, 11) is 0. The van der Waals surface area contributed by atoms with Crippen LogP contribution in [0.25, 0.3) is 0 Å². The molecule has 0 aromatic heterocycles. The molecule has 3 N–H and O–H groups in total. The second-order valence-electron chi connectivity index (χ2n) is 11.9. The van der Waals surface area contributed by atoms with Crippen molar-refractivity contribution in [1.82, 2.24) is 0 Å². The number of carbonyl (C=O) groups is 4. The number of carbonyl (C=O) groups excluding carboxylic acids is 3. The Morgan fingerprint density at radius 1 is 0.721 bits per heavy atom. The number of ether oxygens (including phenoxy) is 6. The number of carboxylic acid groups (broad SMARTS) is 1. The number of rotatable bonds is 15. The minimum Gasteiger partial charge on any atom is -0.480 e. The quantitative estimate of drug-likeness (QED) is 0.125. The highest BCUT2D eigenvalue weighted by Crippen LogP contribution is 2.37. The highest BCUT2D eigenvalue weighted by atomic mass is 16.8. The van der Waals surface area contributed by atoms with E-state index in [-0.39, 0.29) is 29.9 Å². The Morgan fingerprint density at radius 3 is 1.67 bits per heavy atom. The van der Waals surface area contributed by atoms with E-state index in [0.717, 1.165) is 0 Å². The largest absolute Gasteiger partial charge is 0.514 e. The summed E-state index contributed by atoms with van der Waals surface area (Å²) in [5, 5.41) is 9.81. The third kappa shape index (κ3) is 12.7. The van der Waals surface area contributed by atoms with Crippen LogP contribution in [0.3, 0.4) is 0 Å². The Bertz CT molecular complexity index is 1070. The van der Waals surface area contributed by atoms with E-state index in [1.54, 1.807) is 27.7 Å². The Labute approximate surface area is 254 Å². The molecular formula is C31H49NO11. The second-order valence-corrected chi connectivity index (χ2v) is 11.9. The molecule has 12 nitrogen and oxygen atoms in total. The summed E-state index contributed by atoms with van der Waals surface area (Å²) < 4.78 is 31.9. The minimum atomic E-state index is -1.44. The molecule has 1 aromatic carbocycles. The molecule has 6 atom stereocenters. The maximum Gasteiger partial charge on any atom is 0.514 e. The van der Waals surface area contributed by atoms with Crippen molar-refractivity contribution < 1.29 is 52.7 Å². The van der Waals surface area contributed by atoms with E-state index < -0.39 is 60.6 Å². The van der Waals surface area contributed by atoms with Crippen molar-refractivity contribution in [2.75, 3.05) is 6.61 Å². The highest BCUT2D eigenvalue weighted by molar-refractivity contribution is 5.75. The van der Waals surface area contributed by atoms with E-state index in [4.69, 9.17) is 34.2 Å². The fourth-order valence-electron chi connectivity index (χ4n) is 3.65. The molecule has 1 aromatic rings. The lowest BCUT2D eigenvalue weighted by molar-refractivity contribution is -0.139. The lowest BCUT2D eigenvalue weighted by Crippen LogP contribution is -2.42. The number of nitrogens with two attached hydrogens (primary N) is 1. The normalized spacial score (nSPS) is 15.6. The van der Waals surface area contributed by atoms with Gasteiger partial charge in [-0.15, -0.1) is 0 Å². The fraction of sp³-hybridized carbons (Fsp3) is 0.677. The maximum absolute atomic E-state index is 12.6. The topological polar surface area (TPSA) is 170 Å². The van der Waals surface area contributed by atoms with Gasteiger partial charge in [-0.1, -0.05) is 54.5 Å². The van der Waals surface area contributed by atoms with Crippen LogP contribution in [0.15, 0.2) is 18.2 Å². The number of hydrogen-bond acceptors (Lipinski definition) is 11. The molecule has 43 heavy (non-hydrogen) atoms.